The van der Waals surface area contributed by atoms with Crippen molar-refractivity contribution in [2.45, 2.75) is 41.5 Å². The van der Waals surface area contributed by atoms with Crippen molar-refractivity contribution in [3.63, 3.8) is 0 Å². The molecular formula is C29H43ClN5O+. The molecule has 0 fully saturated rings. The molecule has 0 saturated carbocycles. The van der Waals surface area contributed by atoms with E-state index in [4.69, 9.17) is 11.6 Å². The lowest BCUT2D eigenvalue weighted by molar-refractivity contribution is -0.763. The number of benzene rings is 2. The number of likely N-dealkylation sites (N-methyl/N-ethyl adjacent to an activating group) is 2. The first kappa shape index (κ1) is 31.1. The minimum absolute atomic E-state index is 0.133. The van der Waals surface area contributed by atoms with Gasteiger partial charge in [-0.2, -0.15) is 0 Å². The summed E-state index contributed by atoms with van der Waals surface area (Å²) < 4.78 is 0. The molecule has 0 radical (unpaired) electrons. The number of fused-ring (bicyclic) bond motifs is 2. The molecule has 2 aliphatic rings. The Morgan fingerprint density at radius 2 is 1.81 bits per heavy atom. The van der Waals surface area contributed by atoms with E-state index >= 15 is 0 Å². The number of carbonyl (C=O) groups excluding carboxylic acids is 1. The molecule has 2 aromatic rings. The van der Waals surface area contributed by atoms with Crippen molar-refractivity contribution in [2.24, 2.45) is 4.99 Å². The molecule has 36 heavy (non-hydrogen) atoms. The van der Waals surface area contributed by atoms with Gasteiger partial charge in [-0.05, 0) is 37.7 Å². The van der Waals surface area contributed by atoms with Gasteiger partial charge in [0.1, 0.15) is 6.20 Å². The second kappa shape index (κ2) is 17.5. The SMILES string of the molecule is CC.CC.CCNCCN(CC)C(=O)C1=C[NH+](C)C=C1.Clc1ccc2c(c1)N=Cc1ccccc1N2. The number of carbonyl (C=O) groups is 1. The number of quaternary nitrogens is 1. The largest absolute Gasteiger partial charge is 0.353 e. The fraction of sp³-hybridized carbons (Fsp3) is 0.379. The summed E-state index contributed by atoms with van der Waals surface area (Å²) in [4.78, 5) is 19.5. The Bertz CT molecular complexity index is 1030. The van der Waals surface area contributed by atoms with E-state index in [0.717, 1.165) is 59.3 Å². The van der Waals surface area contributed by atoms with E-state index in [2.05, 4.69) is 22.5 Å². The molecule has 1 unspecified atom stereocenters. The van der Waals surface area contributed by atoms with E-state index in [0.29, 0.717) is 5.02 Å². The van der Waals surface area contributed by atoms with Crippen molar-refractivity contribution in [3.8, 4) is 0 Å². The topological polar surface area (TPSA) is 61.2 Å². The lowest BCUT2D eigenvalue weighted by Gasteiger charge is -2.20. The highest BCUT2D eigenvalue weighted by atomic mass is 35.5. The number of nitrogens with one attached hydrogen (secondary N) is 3. The summed E-state index contributed by atoms with van der Waals surface area (Å²) in [6, 6.07) is 13.7. The molecule has 2 aromatic carbocycles. The van der Waals surface area contributed by atoms with Crippen LogP contribution in [0, 0.1) is 0 Å². The minimum atomic E-state index is 0.133. The zero-order valence-corrected chi connectivity index (χ0v) is 23.6. The maximum atomic E-state index is 12.1. The average Bonchev–Trinajstić information content (AvgIpc) is 3.27. The molecule has 4 rings (SSSR count). The molecule has 0 aliphatic carbocycles. The first-order chi connectivity index (χ1) is 17.5. The highest BCUT2D eigenvalue weighted by Gasteiger charge is 2.19. The first-order valence-corrected chi connectivity index (χ1v) is 13.3. The molecule has 7 heteroatoms. The number of anilines is 2. The monoisotopic (exact) mass is 512 g/mol. The van der Waals surface area contributed by atoms with E-state index in [-0.39, 0.29) is 5.91 Å². The van der Waals surface area contributed by atoms with E-state index < -0.39 is 0 Å². The van der Waals surface area contributed by atoms with Gasteiger partial charge in [-0.3, -0.25) is 14.7 Å². The molecule has 1 atom stereocenters. The summed E-state index contributed by atoms with van der Waals surface area (Å²) in [5.74, 6) is 0.133. The molecule has 0 spiro atoms. The number of nitrogens with zero attached hydrogens (tertiary/aromatic N) is 2. The van der Waals surface area contributed by atoms with Gasteiger partial charge < -0.3 is 15.5 Å². The fourth-order valence-corrected chi connectivity index (χ4v) is 3.56. The van der Waals surface area contributed by atoms with Crippen LogP contribution in [-0.2, 0) is 4.79 Å². The maximum Gasteiger partial charge on any atom is 0.259 e. The van der Waals surface area contributed by atoms with Crippen molar-refractivity contribution in [3.05, 3.63) is 77.1 Å². The van der Waals surface area contributed by atoms with Crippen LogP contribution in [0.25, 0.3) is 0 Å². The number of hydrogen-bond donors (Lipinski definition) is 3. The van der Waals surface area contributed by atoms with Crippen LogP contribution in [0.15, 0.2) is 71.5 Å². The Labute approximate surface area is 222 Å². The lowest BCUT2D eigenvalue weighted by atomic mass is 10.2. The minimum Gasteiger partial charge on any atom is -0.353 e. The first-order valence-electron chi connectivity index (χ1n) is 12.9. The fourth-order valence-electron chi connectivity index (χ4n) is 3.40. The number of halogens is 1. The van der Waals surface area contributed by atoms with Crippen molar-refractivity contribution in [1.82, 2.24) is 10.2 Å². The average molecular weight is 513 g/mol. The molecular weight excluding hydrogens is 470 g/mol. The molecule has 2 heterocycles. The smallest absolute Gasteiger partial charge is 0.259 e. The van der Waals surface area contributed by atoms with Gasteiger partial charge in [-0.25, -0.2) is 0 Å². The van der Waals surface area contributed by atoms with Crippen LogP contribution in [0.4, 0.5) is 17.1 Å². The Morgan fingerprint density at radius 3 is 2.44 bits per heavy atom. The third-order valence-electron chi connectivity index (χ3n) is 5.17. The molecule has 0 bridgehead atoms. The molecule has 0 saturated heterocycles. The van der Waals surface area contributed by atoms with E-state index in [1.165, 1.54) is 0 Å². The summed E-state index contributed by atoms with van der Waals surface area (Å²) in [5.41, 5.74) is 4.78. The van der Waals surface area contributed by atoms with Crippen LogP contribution in [0.2, 0.25) is 5.02 Å². The summed E-state index contributed by atoms with van der Waals surface area (Å²) in [5, 5.41) is 7.28. The standard InChI is InChI=1S/C13H9ClN2.C12H21N3O.2C2H6/c14-10-5-6-12-13(7-10)15-8-9-3-1-2-4-11(9)16-12;1-4-13-7-9-15(5-2)12(16)11-6-8-14(3)10-11;2*1-2/h1-8,16H;6,8,10,13H,4-5,7,9H2,1-3H3;2*1-2H3/p+1. The van der Waals surface area contributed by atoms with Crippen LogP contribution in [0.3, 0.4) is 0 Å². The second-order valence-electron chi connectivity index (χ2n) is 7.55. The van der Waals surface area contributed by atoms with Gasteiger partial charge in [-0.15, -0.1) is 0 Å². The predicted molar refractivity (Wildman–Crippen MR) is 156 cm³/mol. The molecule has 6 nitrogen and oxygen atoms in total. The molecule has 2 aliphatic heterocycles. The van der Waals surface area contributed by atoms with Gasteiger partial charge in [0.05, 0.1) is 30.2 Å². The second-order valence-corrected chi connectivity index (χ2v) is 7.98. The molecule has 1 amide bonds. The summed E-state index contributed by atoms with van der Waals surface area (Å²) in [7, 11) is 2.01. The third kappa shape index (κ3) is 9.61. The van der Waals surface area contributed by atoms with Crippen LogP contribution < -0.4 is 15.5 Å². The van der Waals surface area contributed by atoms with Crippen molar-refractivity contribution in [2.75, 3.05) is 38.5 Å². The summed E-state index contributed by atoms with van der Waals surface area (Å²) in [6.45, 7) is 15.4. The van der Waals surface area contributed by atoms with Crippen LogP contribution in [0.5, 0.6) is 0 Å². The molecule has 3 N–H and O–H groups in total. The number of aliphatic imine (C=N–C) groups is 1. The van der Waals surface area contributed by atoms with E-state index in [1.54, 1.807) is 0 Å². The maximum absolute atomic E-state index is 12.1. The normalized spacial score (nSPS) is 14.1. The zero-order valence-electron chi connectivity index (χ0n) is 22.9. The van der Waals surface area contributed by atoms with Gasteiger partial charge in [0.25, 0.3) is 5.91 Å². The Morgan fingerprint density at radius 1 is 1.08 bits per heavy atom. The number of para-hydroxylation sites is 1. The van der Waals surface area contributed by atoms with Gasteiger partial charge >= 0.3 is 0 Å². The van der Waals surface area contributed by atoms with E-state index in [1.807, 2.05) is 114 Å². The van der Waals surface area contributed by atoms with Gasteiger partial charge in [0, 0.05) is 48.2 Å². The quantitative estimate of drug-likeness (QED) is 0.378. The summed E-state index contributed by atoms with van der Waals surface area (Å²) >= 11 is 5.94. The Balaban J connectivity index is 0.000000317. The van der Waals surface area contributed by atoms with Gasteiger partial charge in [0.2, 0.25) is 0 Å². The van der Waals surface area contributed by atoms with Gasteiger partial charge in [-0.1, -0.05) is 64.4 Å². The van der Waals surface area contributed by atoms with Crippen LogP contribution in [-0.4, -0.2) is 50.2 Å². The Kier molecular flexibility index (Phi) is 15.1. The highest BCUT2D eigenvalue weighted by Crippen LogP contribution is 2.33. The number of amides is 1. The molecule has 0 aromatic heterocycles. The zero-order chi connectivity index (χ0) is 26.9. The van der Waals surface area contributed by atoms with E-state index in [9.17, 15) is 4.79 Å². The van der Waals surface area contributed by atoms with Crippen molar-refractivity contribution < 1.29 is 9.69 Å². The lowest BCUT2D eigenvalue weighted by Crippen LogP contribution is -2.98. The van der Waals surface area contributed by atoms with Crippen LogP contribution >= 0.6 is 11.6 Å². The van der Waals surface area contributed by atoms with Crippen molar-refractivity contribution in [1.29, 1.82) is 0 Å². The highest BCUT2D eigenvalue weighted by molar-refractivity contribution is 6.31. The van der Waals surface area contributed by atoms with Crippen LogP contribution in [0.1, 0.15) is 47.1 Å². The number of hydrogen-bond acceptors (Lipinski definition) is 4. The Hall–Kier alpha value is -2.93. The van der Waals surface area contributed by atoms with Crippen molar-refractivity contribution >= 4 is 40.8 Å². The summed E-state index contributed by atoms with van der Waals surface area (Å²) in [6.07, 6.45) is 7.67. The predicted octanol–water partition coefficient (Wildman–Crippen LogP) is 5.57. The van der Waals surface area contributed by atoms with Gasteiger partial charge in [0.15, 0.2) is 0 Å². The third-order valence-corrected chi connectivity index (χ3v) is 5.40. The number of rotatable bonds is 6. The molecule has 196 valence electrons.